The molecule has 1 aliphatic rings. The second-order valence-electron chi connectivity index (χ2n) is 9.43. The summed E-state index contributed by atoms with van der Waals surface area (Å²) < 4.78 is 12.0. The topological polar surface area (TPSA) is 87.7 Å². The van der Waals surface area contributed by atoms with Gasteiger partial charge in [-0.25, -0.2) is 0 Å². The van der Waals surface area contributed by atoms with Crippen molar-refractivity contribution in [2.24, 2.45) is 0 Å². The van der Waals surface area contributed by atoms with E-state index in [0.29, 0.717) is 48.2 Å². The van der Waals surface area contributed by atoms with Gasteiger partial charge in [0.25, 0.3) is 5.91 Å². The van der Waals surface area contributed by atoms with Gasteiger partial charge in [0.2, 0.25) is 0 Å². The van der Waals surface area contributed by atoms with Crippen LogP contribution in [0.2, 0.25) is 0 Å². The van der Waals surface area contributed by atoms with Gasteiger partial charge in [0.05, 0.1) is 19.3 Å². The van der Waals surface area contributed by atoms with Crippen LogP contribution >= 0.6 is 0 Å². The molecule has 3 aromatic rings. The lowest BCUT2D eigenvalue weighted by molar-refractivity contribution is 0.0743. The number of nitrogens with zero attached hydrogens (tertiary/aromatic N) is 2. The lowest BCUT2D eigenvalue weighted by Gasteiger charge is -2.27. The van der Waals surface area contributed by atoms with Crippen LogP contribution < -0.4 is 9.47 Å². The average molecular weight is 492 g/mol. The van der Waals surface area contributed by atoms with Gasteiger partial charge in [0.1, 0.15) is 17.1 Å². The van der Waals surface area contributed by atoms with Crippen LogP contribution in [0.3, 0.4) is 0 Å². The first-order valence-electron chi connectivity index (χ1n) is 13.0. The third-order valence-electron chi connectivity index (χ3n) is 6.61. The molecule has 0 aliphatic carbocycles. The van der Waals surface area contributed by atoms with Crippen molar-refractivity contribution in [3.05, 3.63) is 58.3 Å². The van der Waals surface area contributed by atoms with Crippen LogP contribution in [0.4, 0.5) is 0 Å². The minimum Gasteiger partial charge on any atom is -0.507 e. The zero-order chi connectivity index (χ0) is 25.8. The van der Waals surface area contributed by atoms with Gasteiger partial charge >= 0.3 is 0 Å². The van der Waals surface area contributed by atoms with Crippen LogP contribution in [0.25, 0.3) is 11.3 Å². The summed E-state index contributed by atoms with van der Waals surface area (Å²) in [5, 5.41) is 18.3. The predicted molar refractivity (Wildman–Crippen MR) is 141 cm³/mol. The molecule has 7 heteroatoms. The maximum Gasteiger partial charge on any atom is 0.273 e. The van der Waals surface area contributed by atoms with E-state index in [1.807, 2.05) is 49.9 Å². The number of hydrogen-bond donors (Lipinski definition) is 2. The third-order valence-corrected chi connectivity index (χ3v) is 6.61. The molecule has 0 fully saturated rings. The minimum absolute atomic E-state index is 0.0855. The molecule has 2 aromatic carbocycles. The Hall–Kier alpha value is -3.48. The highest BCUT2D eigenvalue weighted by Crippen LogP contribution is 2.46. The van der Waals surface area contributed by atoms with Gasteiger partial charge in [-0.15, -0.1) is 0 Å². The highest BCUT2D eigenvalue weighted by Gasteiger charge is 2.42. The number of fused-ring (bicyclic) bond motifs is 1. The molecule has 1 amide bonds. The van der Waals surface area contributed by atoms with Gasteiger partial charge in [-0.3, -0.25) is 9.89 Å². The van der Waals surface area contributed by atoms with E-state index < -0.39 is 0 Å². The average Bonchev–Trinajstić information content (AvgIpc) is 3.37. The monoisotopic (exact) mass is 491 g/mol. The van der Waals surface area contributed by atoms with E-state index in [1.54, 1.807) is 6.07 Å². The SMILES string of the molecule is CCCCCOc1ccc(C2c3c(-c4c(C)cc(C)cc4O)n[nH]c3C(=O)N2CCC)cc1OCC. The summed E-state index contributed by atoms with van der Waals surface area (Å²) in [6.07, 6.45) is 4.07. The highest BCUT2D eigenvalue weighted by atomic mass is 16.5. The normalized spacial score (nSPS) is 14.9. The van der Waals surface area contributed by atoms with Crippen molar-refractivity contribution in [3.8, 4) is 28.5 Å². The van der Waals surface area contributed by atoms with Gasteiger partial charge in [-0.05, 0) is 68.5 Å². The number of rotatable bonds is 11. The van der Waals surface area contributed by atoms with Crippen molar-refractivity contribution in [1.29, 1.82) is 0 Å². The minimum atomic E-state index is -0.352. The molecule has 1 unspecified atom stereocenters. The van der Waals surface area contributed by atoms with Crippen molar-refractivity contribution in [3.63, 3.8) is 0 Å². The molecule has 0 bridgehead atoms. The number of amides is 1. The Balaban J connectivity index is 1.81. The summed E-state index contributed by atoms with van der Waals surface area (Å²) in [5.74, 6) is 1.46. The predicted octanol–water partition coefficient (Wildman–Crippen LogP) is 6.32. The summed E-state index contributed by atoms with van der Waals surface area (Å²) in [4.78, 5) is 15.3. The van der Waals surface area contributed by atoms with Crippen LogP contribution in [-0.2, 0) is 0 Å². The summed E-state index contributed by atoms with van der Waals surface area (Å²) in [5.41, 5.74) is 5.32. The quantitative estimate of drug-likeness (QED) is 0.306. The molecule has 7 nitrogen and oxygen atoms in total. The number of benzene rings is 2. The zero-order valence-corrected chi connectivity index (χ0v) is 22.0. The van der Waals surface area contributed by atoms with Crippen molar-refractivity contribution >= 4 is 5.91 Å². The summed E-state index contributed by atoms with van der Waals surface area (Å²) in [6, 6.07) is 9.32. The number of aryl methyl sites for hydroxylation is 2. The number of hydrogen-bond acceptors (Lipinski definition) is 5. The molecule has 4 rings (SSSR count). The van der Waals surface area contributed by atoms with E-state index in [4.69, 9.17) is 9.47 Å². The molecule has 0 saturated carbocycles. The number of ether oxygens (including phenoxy) is 2. The summed E-state index contributed by atoms with van der Waals surface area (Å²) in [7, 11) is 0. The number of H-pyrrole nitrogens is 1. The Kier molecular flexibility index (Phi) is 7.87. The molecule has 36 heavy (non-hydrogen) atoms. The Morgan fingerprint density at radius 2 is 1.83 bits per heavy atom. The molecular weight excluding hydrogens is 454 g/mol. The molecule has 0 saturated heterocycles. The first-order chi connectivity index (χ1) is 17.4. The van der Waals surface area contributed by atoms with Crippen LogP contribution in [0.5, 0.6) is 17.2 Å². The standard InChI is InChI=1S/C29H37N3O4/c1-6-9-10-14-36-22-12-11-20(17-23(22)35-8-3)28-25-26(24-19(5)15-18(4)16-21(24)33)30-31-27(25)29(34)32(28)13-7-2/h11-12,15-17,28,33H,6-10,13-14H2,1-5H3,(H,30,31). The van der Waals surface area contributed by atoms with Crippen molar-refractivity contribution in [2.45, 2.75) is 66.3 Å². The fourth-order valence-corrected chi connectivity index (χ4v) is 5.08. The van der Waals surface area contributed by atoms with Gasteiger partial charge in [0, 0.05) is 17.7 Å². The Labute approximate surface area is 213 Å². The fourth-order valence-electron chi connectivity index (χ4n) is 5.08. The molecule has 2 heterocycles. The van der Waals surface area contributed by atoms with Gasteiger partial charge < -0.3 is 19.5 Å². The van der Waals surface area contributed by atoms with E-state index in [9.17, 15) is 9.90 Å². The van der Waals surface area contributed by atoms with Gasteiger partial charge in [0.15, 0.2) is 11.5 Å². The number of aromatic nitrogens is 2. The Bertz CT molecular complexity index is 1210. The highest BCUT2D eigenvalue weighted by molar-refractivity contribution is 6.00. The van der Waals surface area contributed by atoms with Gasteiger partial charge in [-0.1, -0.05) is 38.8 Å². The number of nitrogens with one attached hydrogen (secondary N) is 1. The first-order valence-corrected chi connectivity index (χ1v) is 13.0. The third kappa shape index (κ3) is 4.79. The van der Waals surface area contributed by atoms with Crippen molar-refractivity contribution in [2.75, 3.05) is 19.8 Å². The molecule has 0 radical (unpaired) electrons. The van der Waals surface area contributed by atoms with E-state index in [0.717, 1.165) is 47.9 Å². The van der Waals surface area contributed by atoms with Crippen LogP contribution in [0.15, 0.2) is 30.3 Å². The number of carbonyl (C=O) groups is 1. The molecular formula is C29H37N3O4. The fraction of sp³-hybridized carbons (Fsp3) is 0.448. The second-order valence-corrected chi connectivity index (χ2v) is 9.43. The molecule has 2 N–H and O–H groups in total. The molecule has 1 atom stereocenters. The molecule has 192 valence electrons. The lowest BCUT2D eigenvalue weighted by atomic mass is 9.93. The van der Waals surface area contributed by atoms with Crippen LogP contribution in [0.1, 0.15) is 85.2 Å². The number of carbonyl (C=O) groups excluding carboxylic acids is 1. The van der Waals surface area contributed by atoms with E-state index in [2.05, 4.69) is 24.0 Å². The number of phenols is 1. The Morgan fingerprint density at radius 1 is 1.03 bits per heavy atom. The second kappa shape index (κ2) is 11.1. The van der Waals surface area contributed by atoms with E-state index in [-0.39, 0.29) is 17.7 Å². The van der Waals surface area contributed by atoms with Crippen LogP contribution in [0, 0.1) is 13.8 Å². The number of aromatic hydroxyl groups is 1. The maximum absolute atomic E-state index is 13.5. The molecule has 1 aliphatic heterocycles. The van der Waals surface area contributed by atoms with E-state index in [1.165, 1.54) is 0 Å². The first kappa shape index (κ1) is 25.6. The van der Waals surface area contributed by atoms with E-state index >= 15 is 0 Å². The van der Waals surface area contributed by atoms with Crippen LogP contribution in [-0.4, -0.2) is 45.9 Å². The summed E-state index contributed by atoms with van der Waals surface area (Å²) >= 11 is 0. The molecule has 1 aromatic heterocycles. The van der Waals surface area contributed by atoms with Gasteiger partial charge in [-0.2, -0.15) is 5.10 Å². The lowest BCUT2D eigenvalue weighted by Crippen LogP contribution is -2.30. The zero-order valence-electron chi connectivity index (χ0n) is 22.0. The maximum atomic E-state index is 13.5. The number of unbranched alkanes of at least 4 members (excludes halogenated alkanes) is 2. The summed E-state index contributed by atoms with van der Waals surface area (Å²) in [6.45, 7) is 11.8. The van der Waals surface area contributed by atoms with Crippen molar-refractivity contribution < 1.29 is 19.4 Å². The molecule has 0 spiro atoms. The largest absolute Gasteiger partial charge is 0.507 e. The van der Waals surface area contributed by atoms with Crippen molar-refractivity contribution in [1.82, 2.24) is 15.1 Å². The Morgan fingerprint density at radius 3 is 2.53 bits per heavy atom. The number of aromatic amines is 1. The smallest absolute Gasteiger partial charge is 0.273 e. The number of phenolic OH excluding ortho intramolecular Hbond substituents is 1.